The molecule has 2 aromatic rings. The van der Waals surface area contributed by atoms with E-state index in [9.17, 15) is 0 Å². The monoisotopic (exact) mass is 217 g/mol. The van der Waals surface area contributed by atoms with Gasteiger partial charge < -0.3 is 5.73 Å². The molecule has 2 rings (SSSR count). The summed E-state index contributed by atoms with van der Waals surface area (Å²) in [6, 6.07) is 3.56. The maximum atomic E-state index is 5.73. The van der Waals surface area contributed by atoms with Crippen molar-refractivity contribution in [2.24, 2.45) is 0 Å². The summed E-state index contributed by atoms with van der Waals surface area (Å²) in [7, 11) is 0. The first kappa shape index (κ1) is 10.6. The predicted molar refractivity (Wildman–Crippen MR) is 62.3 cm³/mol. The van der Waals surface area contributed by atoms with Crippen LogP contribution in [0.3, 0.4) is 0 Å². The number of aryl methyl sites for hydroxylation is 2. The molecule has 0 saturated carbocycles. The molecule has 5 nitrogen and oxygen atoms in total. The lowest BCUT2D eigenvalue weighted by Crippen LogP contribution is -2.05. The van der Waals surface area contributed by atoms with E-state index in [0.29, 0.717) is 5.69 Å². The number of nitrogens with two attached hydrogens (primary N) is 1. The molecule has 0 spiro atoms. The largest absolute Gasteiger partial charge is 0.399 e. The molecule has 0 bridgehead atoms. The third-order valence-electron chi connectivity index (χ3n) is 2.34. The highest BCUT2D eigenvalue weighted by Gasteiger charge is 2.09. The van der Waals surface area contributed by atoms with Gasteiger partial charge in [0.15, 0.2) is 11.6 Å². The first-order valence-electron chi connectivity index (χ1n) is 5.41. The van der Waals surface area contributed by atoms with Crippen LogP contribution in [0.1, 0.15) is 25.5 Å². The van der Waals surface area contributed by atoms with E-state index in [1.54, 1.807) is 23.0 Å². The van der Waals surface area contributed by atoms with E-state index in [4.69, 9.17) is 5.73 Å². The van der Waals surface area contributed by atoms with E-state index >= 15 is 0 Å². The maximum Gasteiger partial charge on any atom is 0.157 e. The summed E-state index contributed by atoms with van der Waals surface area (Å²) in [6.45, 7) is 4.08. The molecule has 0 aliphatic heterocycles. The van der Waals surface area contributed by atoms with Crippen molar-refractivity contribution in [2.75, 3.05) is 5.73 Å². The first-order valence-corrected chi connectivity index (χ1v) is 5.41. The van der Waals surface area contributed by atoms with Gasteiger partial charge in [0, 0.05) is 30.8 Å². The van der Waals surface area contributed by atoms with Crippen molar-refractivity contribution in [3.63, 3.8) is 0 Å². The SMILES string of the molecule is CCc1nc(CC)n(-c2cc(N)ccn2)n1. The minimum atomic E-state index is 0.681. The Balaban J connectivity index is 2.50. The van der Waals surface area contributed by atoms with Crippen LogP contribution in [0.4, 0.5) is 5.69 Å². The quantitative estimate of drug-likeness (QED) is 0.843. The number of pyridine rings is 1. The molecule has 84 valence electrons. The van der Waals surface area contributed by atoms with Gasteiger partial charge in [0.1, 0.15) is 5.82 Å². The van der Waals surface area contributed by atoms with Crippen LogP contribution in [0, 0.1) is 0 Å². The van der Waals surface area contributed by atoms with Gasteiger partial charge >= 0.3 is 0 Å². The van der Waals surface area contributed by atoms with Crippen molar-refractivity contribution in [2.45, 2.75) is 26.7 Å². The highest BCUT2D eigenvalue weighted by Crippen LogP contribution is 2.11. The Kier molecular flexibility index (Phi) is 2.85. The lowest BCUT2D eigenvalue weighted by atomic mass is 10.4. The van der Waals surface area contributed by atoms with Gasteiger partial charge in [-0.25, -0.2) is 9.97 Å². The highest BCUT2D eigenvalue weighted by atomic mass is 15.4. The van der Waals surface area contributed by atoms with Gasteiger partial charge in [0.25, 0.3) is 0 Å². The van der Waals surface area contributed by atoms with Crippen molar-refractivity contribution in [3.8, 4) is 5.82 Å². The van der Waals surface area contributed by atoms with Crippen molar-refractivity contribution in [1.29, 1.82) is 0 Å². The Morgan fingerprint density at radius 1 is 1.31 bits per heavy atom. The molecule has 16 heavy (non-hydrogen) atoms. The second-order valence-corrected chi connectivity index (χ2v) is 3.51. The normalized spacial score (nSPS) is 10.6. The fraction of sp³-hybridized carbons (Fsp3) is 0.364. The molecule has 2 heterocycles. The van der Waals surface area contributed by atoms with Gasteiger partial charge in [-0.1, -0.05) is 13.8 Å². The minimum Gasteiger partial charge on any atom is -0.399 e. The van der Waals surface area contributed by atoms with E-state index in [1.807, 2.05) is 13.8 Å². The Labute approximate surface area is 94.3 Å². The van der Waals surface area contributed by atoms with Crippen LogP contribution >= 0.6 is 0 Å². The van der Waals surface area contributed by atoms with Gasteiger partial charge in [-0.3, -0.25) is 0 Å². The summed E-state index contributed by atoms with van der Waals surface area (Å²) in [5, 5.41) is 4.40. The Hall–Kier alpha value is -1.91. The molecule has 2 N–H and O–H groups in total. The van der Waals surface area contributed by atoms with Crippen LogP contribution in [0.15, 0.2) is 18.3 Å². The zero-order valence-electron chi connectivity index (χ0n) is 9.51. The van der Waals surface area contributed by atoms with Crippen LogP contribution in [-0.4, -0.2) is 19.7 Å². The summed E-state index contributed by atoms with van der Waals surface area (Å²) in [5.41, 5.74) is 6.41. The zero-order chi connectivity index (χ0) is 11.5. The molecule has 0 aromatic carbocycles. The molecular weight excluding hydrogens is 202 g/mol. The van der Waals surface area contributed by atoms with Crippen molar-refractivity contribution in [3.05, 3.63) is 30.0 Å². The molecule has 0 fully saturated rings. The summed E-state index contributed by atoms with van der Waals surface area (Å²) >= 11 is 0. The molecule has 2 aromatic heterocycles. The molecule has 0 saturated heterocycles. The highest BCUT2D eigenvalue weighted by molar-refractivity contribution is 5.42. The van der Waals surface area contributed by atoms with Gasteiger partial charge in [-0.15, -0.1) is 5.10 Å². The molecule has 0 unspecified atom stereocenters. The second-order valence-electron chi connectivity index (χ2n) is 3.51. The van der Waals surface area contributed by atoms with E-state index in [0.717, 1.165) is 30.3 Å². The second kappa shape index (κ2) is 4.30. The Morgan fingerprint density at radius 3 is 2.75 bits per heavy atom. The first-order chi connectivity index (χ1) is 7.74. The Bertz CT molecular complexity index is 489. The number of hydrogen-bond acceptors (Lipinski definition) is 4. The standard InChI is InChI=1S/C11H15N5/c1-3-9-14-10(4-2)16(15-9)11-7-8(12)5-6-13-11/h5-7H,3-4H2,1-2H3,(H2,12,13). The number of nitrogens with zero attached hydrogens (tertiary/aromatic N) is 4. The average Bonchev–Trinajstić information content (AvgIpc) is 2.72. The van der Waals surface area contributed by atoms with Crippen LogP contribution in [0.5, 0.6) is 0 Å². The van der Waals surface area contributed by atoms with Gasteiger partial charge in [-0.2, -0.15) is 4.68 Å². The van der Waals surface area contributed by atoms with Gasteiger partial charge in [0.2, 0.25) is 0 Å². The zero-order valence-corrected chi connectivity index (χ0v) is 9.51. The fourth-order valence-corrected chi connectivity index (χ4v) is 1.50. The number of aromatic nitrogens is 4. The maximum absolute atomic E-state index is 5.73. The number of nitrogen functional groups attached to an aromatic ring is 1. The third kappa shape index (κ3) is 1.88. The molecule has 5 heteroatoms. The van der Waals surface area contributed by atoms with Crippen LogP contribution in [-0.2, 0) is 12.8 Å². The van der Waals surface area contributed by atoms with Crippen LogP contribution in [0.2, 0.25) is 0 Å². The smallest absolute Gasteiger partial charge is 0.157 e. The molecule has 0 aliphatic carbocycles. The molecule has 0 aliphatic rings. The van der Waals surface area contributed by atoms with Crippen LogP contribution < -0.4 is 5.73 Å². The molecule has 0 atom stereocenters. The summed E-state index contributed by atoms with van der Waals surface area (Å²) in [5.74, 6) is 2.47. The number of hydrogen-bond donors (Lipinski definition) is 1. The summed E-state index contributed by atoms with van der Waals surface area (Å²) in [4.78, 5) is 8.67. The average molecular weight is 217 g/mol. The summed E-state index contributed by atoms with van der Waals surface area (Å²) < 4.78 is 1.76. The van der Waals surface area contributed by atoms with Gasteiger partial charge in [-0.05, 0) is 6.07 Å². The van der Waals surface area contributed by atoms with E-state index in [-0.39, 0.29) is 0 Å². The lowest BCUT2D eigenvalue weighted by molar-refractivity contribution is 0.769. The number of rotatable bonds is 3. The van der Waals surface area contributed by atoms with Crippen LogP contribution in [0.25, 0.3) is 5.82 Å². The van der Waals surface area contributed by atoms with E-state index in [1.165, 1.54) is 0 Å². The predicted octanol–water partition coefficient (Wildman–Crippen LogP) is 1.37. The minimum absolute atomic E-state index is 0.681. The fourth-order valence-electron chi connectivity index (χ4n) is 1.50. The molecule has 0 radical (unpaired) electrons. The molecule has 0 amide bonds. The Morgan fingerprint density at radius 2 is 2.12 bits per heavy atom. The summed E-state index contributed by atoms with van der Waals surface area (Å²) in [6.07, 6.45) is 3.32. The van der Waals surface area contributed by atoms with Crippen molar-refractivity contribution in [1.82, 2.24) is 19.7 Å². The van der Waals surface area contributed by atoms with Gasteiger partial charge in [0.05, 0.1) is 0 Å². The van der Waals surface area contributed by atoms with E-state index in [2.05, 4.69) is 15.1 Å². The lowest BCUT2D eigenvalue weighted by Gasteiger charge is -2.03. The topological polar surface area (TPSA) is 69.6 Å². The van der Waals surface area contributed by atoms with Crippen molar-refractivity contribution >= 4 is 5.69 Å². The number of anilines is 1. The van der Waals surface area contributed by atoms with Crippen molar-refractivity contribution < 1.29 is 0 Å². The molecular formula is C11H15N5. The third-order valence-corrected chi connectivity index (χ3v) is 2.34. The van der Waals surface area contributed by atoms with E-state index < -0.39 is 0 Å².